The number of Topliss-reactive ketones (excluding diaryl/α,β-unsaturated/α-hetero) is 1. The van der Waals surface area contributed by atoms with Crippen molar-refractivity contribution in [2.75, 3.05) is 0 Å². The molecule has 1 rings (SSSR count). The molecule has 0 spiro atoms. The van der Waals surface area contributed by atoms with Gasteiger partial charge in [-0.2, -0.15) is 0 Å². The van der Waals surface area contributed by atoms with E-state index < -0.39 is 12.0 Å². The highest BCUT2D eigenvalue weighted by Crippen LogP contribution is 2.27. The number of nitrogens with two attached hydrogens (primary N) is 1. The Labute approximate surface area is 99.8 Å². The second kappa shape index (κ2) is 5.61. The van der Waals surface area contributed by atoms with Crippen molar-refractivity contribution in [1.82, 2.24) is 0 Å². The van der Waals surface area contributed by atoms with E-state index in [9.17, 15) is 9.18 Å². The Hall–Kier alpha value is -1.65. The van der Waals surface area contributed by atoms with Crippen molar-refractivity contribution < 1.29 is 13.9 Å². The molecule has 0 radical (unpaired) electrons. The highest BCUT2D eigenvalue weighted by atomic mass is 19.1. The lowest BCUT2D eigenvalue weighted by molar-refractivity contribution is -0.116. The molecule has 1 fully saturated rings. The van der Waals surface area contributed by atoms with E-state index in [1.54, 1.807) is 6.92 Å². The highest BCUT2D eigenvalue weighted by Gasteiger charge is 2.28. The monoisotopic (exact) mass is 240 g/mol. The largest absolute Gasteiger partial charge is 0.486 e. The molecule has 17 heavy (non-hydrogen) atoms. The van der Waals surface area contributed by atoms with Gasteiger partial charge in [-0.3, -0.25) is 4.79 Å². The second-order valence-electron chi connectivity index (χ2n) is 4.16. The van der Waals surface area contributed by atoms with Crippen LogP contribution in [0.3, 0.4) is 0 Å². The molecule has 3 N–H and O–H groups in total. The van der Waals surface area contributed by atoms with Gasteiger partial charge in [0.15, 0.2) is 5.76 Å². The summed E-state index contributed by atoms with van der Waals surface area (Å²) in [4.78, 5) is 11.7. The Morgan fingerprint density at radius 1 is 1.59 bits per heavy atom. The van der Waals surface area contributed by atoms with E-state index in [2.05, 4.69) is 6.58 Å². The molecule has 2 atom stereocenters. The Kier molecular flexibility index (Phi) is 4.43. The first kappa shape index (κ1) is 13.4. The quantitative estimate of drug-likeness (QED) is 0.437. The van der Waals surface area contributed by atoms with E-state index in [0.717, 1.165) is 6.21 Å². The number of ether oxygens (including phenoxy) is 1. The van der Waals surface area contributed by atoms with Gasteiger partial charge in [0, 0.05) is 18.2 Å². The van der Waals surface area contributed by atoms with Crippen molar-refractivity contribution in [2.45, 2.75) is 38.5 Å². The summed E-state index contributed by atoms with van der Waals surface area (Å²) in [6.45, 7) is 4.92. The van der Waals surface area contributed by atoms with Crippen LogP contribution >= 0.6 is 0 Å². The predicted molar refractivity (Wildman–Crippen MR) is 63.4 cm³/mol. The van der Waals surface area contributed by atoms with Crippen LogP contribution in [0.4, 0.5) is 4.39 Å². The third kappa shape index (κ3) is 3.41. The van der Waals surface area contributed by atoms with Crippen molar-refractivity contribution in [3.63, 3.8) is 0 Å². The fourth-order valence-corrected chi connectivity index (χ4v) is 1.70. The molecule has 1 aliphatic rings. The molecule has 0 amide bonds. The van der Waals surface area contributed by atoms with Gasteiger partial charge in [-0.05, 0) is 19.8 Å². The molecule has 2 unspecified atom stereocenters. The van der Waals surface area contributed by atoms with Crippen LogP contribution in [-0.4, -0.2) is 24.3 Å². The minimum Gasteiger partial charge on any atom is -0.486 e. The molecule has 4 nitrogen and oxygen atoms in total. The van der Waals surface area contributed by atoms with Gasteiger partial charge in [0.25, 0.3) is 0 Å². The number of ketones is 1. The maximum absolute atomic E-state index is 13.0. The Balaban J connectivity index is 2.82. The fraction of sp³-hybridized carbons (Fsp3) is 0.500. The number of allylic oxidation sites excluding steroid dienone is 1. The van der Waals surface area contributed by atoms with E-state index in [-0.39, 0.29) is 24.0 Å². The molecule has 1 saturated carbocycles. The summed E-state index contributed by atoms with van der Waals surface area (Å²) in [7, 11) is 0. The third-order valence-corrected chi connectivity index (χ3v) is 2.68. The Morgan fingerprint density at radius 3 is 2.65 bits per heavy atom. The van der Waals surface area contributed by atoms with E-state index in [0.29, 0.717) is 18.4 Å². The van der Waals surface area contributed by atoms with Crippen LogP contribution in [0.25, 0.3) is 0 Å². The number of hydrogen-bond acceptors (Lipinski definition) is 4. The number of hydrogen-bond donors (Lipinski definition) is 2. The lowest BCUT2D eigenvalue weighted by Crippen LogP contribution is -2.20. The predicted octanol–water partition coefficient (Wildman–Crippen LogP) is 1.86. The number of nitrogens with one attached hydrogen (secondary N) is 1. The summed E-state index contributed by atoms with van der Waals surface area (Å²) < 4.78 is 18.5. The van der Waals surface area contributed by atoms with Crippen LogP contribution in [0.2, 0.25) is 0 Å². The van der Waals surface area contributed by atoms with Crippen molar-refractivity contribution in [1.29, 1.82) is 5.41 Å². The molecule has 0 aromatic rings. The third-order valence-electron chi connectivity index (χ3n) is 2.68. The van der Waals surface area contributed by atoms with Crippen LogP contribution in [0.5, 0.6) is 0 Å². The fourth-order valence-electron chi connectivity index (χ4n) is 1.70. The van der Waals surface area contributed by atoms with Crippen LogP contribution in [0.1, 0.15) is 26.2 Å². The van der Waals surface area contributed by atoms with Gasteiger partial charge < -0.3 is 15.9 Å². The average molecular weight is 240 g/mol. The van der Waals surface area contributed by atoms with Crippen molar-refractivity contribution in [3.05, 3.63) is 23.6 Å². The average Bonchev–Trinajstić information content (AvgIpc) is 2.69. The molecule has 5 heteroatoms. The number of halogens is 1. The second-order valence-corrected chi connectivity index (χ2v) is 4.16. The maximum Gasteiger partial charge on any atom is 0.242 e. The topological polar surface area (TPSA) is 76.2 Å². The van der Waals surface area contributed by atoms with Gasteiger partial charge in [-0.25, -0.2) is 4.39 Å². The molecular weight excluding hydrogens is 223 g/mol. The van der Waals surface area contributed by atoms with E-state index >= 15 is 0 Å². The standard InChI is InChI=1S/C12H17FN2O2/c1-7(6-14)12(11(16)8(2)15)17-10-4-3-9(13)5-10/h6,9-10,14H,2-5,15H2,1H3/b12-7+,14-6?. The zero-order chi connectivity index (χ0) is 13.0. The van der Waals surface area contributed by atoms with Crippen LogP contribution in [0, 0.1) is 5.41 Å². The Bertz CT molecular complexity index is 377. The smallest absolute Gasteiger partial charge is 0.242 e. The van der Waals surface area contributed by atoms with E-state index in [1.165, 1.54) is 0 Å². The summed E-state index contributed by atoms with van der Waals surface area (Å²) in [6.07, 6.45) is 1.10. The van der Waals surface area contributed by atoms with E-state index in [4.69, 9.17) is 15.9 Å². The van der Waals surface area contributed by atoms with Crippen LogP contribution < -0.4 is 5.73 Å². The van der Waals surface area contributed by atoms with Gasteiger partial charge in [-0.15, -0.1) is 0 Å². The molecule has 0 aliphatic heterocycles. The Morgan fingerprint density at radius 2 is 2.24 bits per heavy atom. The summed E-state index contributed by atoms with van der Waals surface area (Å²) >= 11 is 0. The van der Waals surface area contributed by atoms with Gasteiger partial charge >= 0.3 is 0 Å². The first-order chi connectivity index (χ1) is 7.95. The van der Waals surface area contributed by atoms with Gasteiger partial charge in [0.05, 0.1) is 5.70 Å². The molecule has 0 heterocycles. The summed E-state index contributed by atoms with van der Waals surface area (Å²) in [6, 6.07) is 0. The van der Waals surface area contributed by atoms with Crippen LogP contribution in [-0.2, 0) is 9.53 Å². The van der Waals surface area contributed by atoms with Crippen LogP contribution in [0.15, 0.2) is 23.6 Å². The first-order valence-corrected chi connectivity index (χ1v) is 5.46. The molecule has 1 aliphatic carbocycles. The zero-order valence-electron chi connectivity index (χ0n) is 9.83. The molecular formula is C12H17FN2O2. The van der Waals surface area contributed by atoms with Gasteiger partial charge in [0.2, 0.25) is 5.78 Å². The first-order valence-electron chi connectivity index (χ1n) is 5.46. The minimum absolute atomic E-state index is 0.00611. The summed E-state index contributed by atoms with van der Waals surface area (Å²) in [5.41, 5.74) is 5.55. The zero-order valence-corrected chi connectivity index (χ0v) is 9.83. The molecule has 94 valence electrons. The lowest BCUT2D eigenvalue weighted by Gasteiger charge is -2.16. The lowest BCUT2D eigenvalue weighted by atomic mass is 10.1. The normalized spacial score (nSPS) is 25.1. The number of carbonyl (C=O) groups excluding carboxylic acids is 1. The number of alkyl halides is 1. The molecule has 0 aromatic carbocycles. The van der Waals surface area contributed by atoms with Crippen molar-refractivity contribution in [3.8, 4) is 0 Å². The van der Waals surface area contributed by atoms with Gasteiger partial charge in [-0.1, -0.05) is 6.58 Å². The SMILES string of the molecule is C=C(N)C(=O)/C(OC1CCC(F)C1)=C(/C)C=N. The summed E-state index contributed by atoms with van der Waals surface area (Å²) in [5.74, 6) is -0.528. The highest BCUT2D eigenvalue weighted by molar-refractivity contribution is 6.08. The van der Waals surface area contributed by atoms with Gasteiger partial charge in [0.1, 0.15) is 12.3 Å². The van der Waals surface area contributed by atoms with Crippen molar-refractivity contribution >= 4 is 12.0 Å². The van der Waals surface area contributed by atoms with Crippen molar-refractivity contribution in [2.24, 2.45) is 5.73 Å². The molecule has 0 bridgehead atoms. The summed E-state index contributed by atoms with van der Waals surface area (Å²) in [5, 5.41) is 7.13. The molecule has 0 aromatic heterocycles. The maximum atomic E-state index is 13.0. The number of rotatable bonds is 5. The number of carbonyl (C=O) groups is 1. The molecule has 0 saturated heterocycles. The van der Waals surface area contributed by atoms with E-state index in [1.807, 2.05) is 0 Å². The minimum atomic E-state index is -0.877.